The molecule has 0 aromatic heterocycles. The Morgan fingerprint density at radius 3 is 2.55 bits per heavy atom. The highest BCUT2D eigenvalue weighted by Crippen LogP contribution is 2.24. The smallest absolute Gasteiger partial charge is 0.335 e. The summed E-state index contributed by atoms with van der Waals surface area (Å²) in [6.07, 6.45) is 1.88. The van der Waals surface area contributed by atoms with Gasteiger partial charge in [0.25, 0.3) is 0 Å². The summed E-state index contributed by atoms with van der Waals surface area (Å²) in [7, 11) is -3.85. The summed E-state index contributed by atoms with van der Waals surface area (Å²) >= 11 is 7.37. The molecule has 0 radical (unpaired) electrons. The number of hydrogen-bond acceptors (Lipinski definition) is 4. The Balaban J connectivity index is 3.09. The minimum absolute atomic E-state index is 0.00976. The molecule has 0 spiro atoms. The molecule has 0 amide bonds. The van der Waals surface area contributed by atoms with Crippen LogP contribution in [0, 0.1) is 0 Å². The van der Waals surface area contributed by atoms with Crippen LogP contribution in [0.1, 0.15) is 24.2 Å². The van der Waals surface area contributed by atoms with Crippen LogP contribution in [-0.4, -0.2) is 37.0 Å². The highest BCUT2D eigenvalue weighted by atomic mass is 35.5. The average Bonchev–Trinajstić information content (AvgIpc) is 2.37. The second-order valence-corrected chi connectivity index (χ2v) is 8.39. The topological polar surface area (TPSA) is 83.5 Å². The van der Waals surface area contributed by atoms with Crippen molar-refractivity contribution in [3.05, 3.63) is 28.8 Å². The van der Waals surface area contributed by atoms with Crippen molar-refractivity contribution in [3.8, 4) is 0 Å². The second-order valence-electron chi connectivity index (χ2n) is 4.74. The molecule has 0 aliphatic carbocycles. The molecular weight excluding hydrogens is 322 g/mol. The summed E-state index contributed by atoms with van der Waals surface area (Å²) in [5, 5.41) is 8.89. The SMILES string of the molecule is CSC(C)(C)CNS(=O)(=O)c1cc(C(=O)O)ccc1Cl. The Kier molecular flexibility index (Phi) is 5.48. The fourth-order valence-corrected chi connectivity index (χ4v) is 3.30. The normalized spacial score (nSPS) is 12.4. The lowest BCUT2D eigenvalue weighted by Crippen LogP contribution is -2.36. The van der Waals surface area contributed by atoms with Crippen LogP contribution in [0.5, 0.6) is 0 Å². The van der Waals surface area contributed by atoms with Gasteiger partial charge in [-0.05, 0) is 38.3 Å². The van der Waals surface area contributed by atoms with E-state index in [1.54, 1.807) is 0 Å². The molecule has 0 aliphatic heterocycles. The van der Waals surface area contributed by atoms with Gasteiger partial charge in [0.05, 0.1) is 10.6 Å². The van der Waals surface area contributed by atoms with Gasteiger partial charge in [0.15, 0.2) is 0 Å². The van der Waals surface area contributed by atoms with Crippen molar-refractivity contribution in [1.29, 1.82) is 0 Å². The summed E-state index contributed by atoms with van der Waals surface area (Å²) in [5.74, 6) is -1.21. The molecule has 0 unspecified atom stereocenters. The number of carboxylic acids is 1. The van der Waals surface area contributed by atoms with Gasteiger partial charge in [0.1, 0.15) is 4.90 Å². The van der Waals surface area contributed by atoms with E-state index in [-0.39, 0.29) is 26.8 Å². The lowest BCUT2D eigenvalue weighted by Gasteiger charge is -2.22. The maximum atomic E-state index is 12.2. The highest BCUT2D eigenvalue weighted by Gasteiger charge is 2.24. The number of sulfonamides is 1. The molecule has 0 aliphatic rings. The van der Waals surface area contributed by atoms with E-state index in [1.807, 2.05) is 20.1 Å². The van der Waals surface area contributed by atoms with Crippen molar-refractivity contribution in [2.45, 2.75) is 23.5 Å². The molecule has 0 bridgehead atoms. The molecule has 0 saturated heterocycles. The Hall–Kier alpha value is -0.760. The zero-order valence-electron chi connectivity index (χ0n) is 11.3. The van der Waals surface area contributed by atoms with Crippen molar-refractivity contribution < 1.29 is 18.3 Å². The van der Waals surface area contributed by atoms with E-state index in [0.29, 0.717) is 0 Å². The Morgan fingerprint density at radius 1 is 1.45 bits per heavy atom. The monoisotopic (exact) mass is 337 g/mol. The van der Waals surface area contributed by atoms with Gasteiger partial charge in [0.2, 0.25) is 10.0 Å². The number of carboxylic acid groups (broad SMARTS) is 1. The van der Waals surface area contributed by atoms with Crippen molar-refractivity contribution in [3.63, 3.8) is 0 Å². The first-order valence-corrected chi connectivity index (χ1v) is 8.75. The van der Waals surface area contributed by atoms with Crippen LogP contribution in [0.25, 0.3) is 0 Å². The largest absolute Gasteiger partial charge is 0.478 e. The Labute approximate surface area is 127 Å². The van der Waals surface area contributed by atoms with Crippen molar-refractivity contribution >= 4 is 39.4 Å². The Morgan fingerprint density at radius 2 is 2.05 bits per heavy atom. The standard InChI is InChI=1S/C12H16ClNO4S2/c1-12(2,19-3)7-14-20(17,18)10-6-8(11(15)16)4-5-9(10)13/h4-6,14H,7H2,1-3H3,(H,15,16). The molecule has 0 heterocycles. The lowest BCUT2D eigenvalue weighted by molar-refractivity contribution is 0.0696. The predicted octanol–water partition coefficient (Wildman–Crippen LogP) is 2.46. The molecule has 1 aromatic carbocycles. The summed E-state index contributed by atoms with van der Waals surface area (Å²) < 4.78 is 26.6. The first-order chi connectivity index (χ1) is 9.09. The van der Waals surface area contributed by atoms with Crippen LogP contribution >= 0.6 is 23.4 Å². The fourth-order valence-electron chi connectivity index (χ4n) is 1.26. The maximum Gasteiger partial charge on any atom is 0.335 e. The third-order valence-electron chi connectivity index (χ3n) is 2.71. The summed E-state index contributed by atoms with van der Waals surface area (Å²) in [4.78, 5) is 10.7. The quantitative estimate of drug-likeness (QED) is 0.833. The molecule has 1 rings (SSSR count). The summed E-state index contributed by atoms with van der Waals surface area (Å²) in [6, 6.07) is 3.58. The third kappa shape index (κ3) is 4.37. The van der Waals surface area contributed by atoms with E-state index in [9.17, 15) is 13.2 Å². The van der Waals surface area contributed by atoms with E-state index >= 15 is 0 Å². The molecule has 112 valence electrons. The van der Waals surface area contributed by atoms with E-state index in [0.717, 1.165) is 6.07 Å². The third-order valence-corrected chi connectivity index (χ3v) is 5.84. The van der Waals surface area contributed by atoms with E-state index < -0.39 is 16.0 Å². The van der Waals surface area contributed by atoms with Gasteiger partial charge >= 0.3 is 5.97 Å². The zero-order valence-corrected chi connectivity index (χ0v) is 13.7. The molecule has 0 saturated carbocycles. The van der Waals surface area contributed by atoms with Gasteiger partial charge < -0.3 is 5.11 Å². The molecule has 20 heavy (non-hydrogen) atoms. The summed E-state index contributed by atoms with van der Waals surface area (Å²) in [6.45, 7) is 4.01. The molecular formula is C12H16ClNO4S2. The van der Waals surface area contributed by atoms with E-state index in [4.69, 9.17) is 16.7 Å². The van der Waals surface area contributed by atoms with Gasteiger partial charge in [-0.2, -0.15) is 11.8 Å². The highest BCUT2D eigenvalue weighted by molar-refractivity contribution is 8.00. The van der Waals surface area contributed by atoms with Gasteiger partial charge in [-0.1, -0.05) is 11.6 Å². The van der Waals surface area contributed by atoms with Crippen LogP contribution in [0.4, 0.5) is 0 Å². The maximum absolute atomic E-state index is 12.2. The first-order valence-electron chi connectivity index (χ1n) is 5.67. The van der Waals surface area contributed by atoms with Crippen molar-refractivity contribution in [2.75, 3.05) is 12.8 Å². The predicted molar refractivity (Wildman–Crippen MR) is 81.2 cm³/mol. The molecule has 0 atom stereocenters. The van der Waals surface area contributed by atoms with Crippen LogP contribution in [0.3, 0.4) is 0 Å². The molecule has 8 heteroatoms. The van der Waals surface area contributed by atoms with Crippen LogP contribution < -0.4 is 4.72 Å². The van der Waals surface area contributed by atoms with E-state index in [1.165, 1.54) is 23.9 Å². The minimum Gasteiger partial charge on any atom is -0.478 e. The number of rotatable bonds is 6. The lowest BCUT2D eigenvalue weighted by atomic mass is 10.2. The number of halogens is 1. The van der Waals surface area contributed by atoms with Crippen LogP contribution in [-0.2, 0) is 10.0 Å². The van der Waals surface area contributed by atoms with Crippen molar-refractivity contribution in [2.24, 2.45) is 0 Å². The number of aromatic carboxylic acids is 1. The number of benzene rings is 1. The van der Waals surface area contributed by atoms with Gasteiger partial charge in [0, 0.05) is 11.3 Å². The average molecular weight is 338 g/mol. The second kappa shape index (κ2) is 6.34. The first kappa shape index (κ1) is 17.3. The van der Waals surface area contributed by atoms with Crippen LogP contribution in [0.2, 0.25) is 5.02 Å². The molecule has 0 fully saturated rings. The number of carbonyl (C=O) groups is 1. The van der Waals surface area contributed by atoms with Gasteiger partial charge in [-0.25, -0.2) is 17.9 Å². The number of thioether (sulfide) groups is 1. The minimum atomic E-state index is -3.85. The fraction of sp³-hybridized carbons (Fsp3) is 0.417. The number of nitrogens with one attached hydrogen (secondary N) is 1. The van der Waals surface area contributed by atoms with Crippen molar-refractivity contribution in [1.82, 2.24) is 4.72 Å². The van der Waals surface area contributed by atoms with E-state index in [2.05, 4.69) is 4.72 Å². The summed E-state index contributed by atoms with van der Waals surface area (Å²) in [5.41, 5.74) is -0.126. The molecule has 2 N–H and O–H groups in total. The van der Waals surface area contributed by atoms with Gasteiger partial charge in [-0.3, -0.25) is 0 Å². The van der Waals surface area contributed by atoms with Crippen LogP contribution in [0.15, 0.2) is 23.1 Å². The molecule has 5 nitrogen and oxygen atoms in total. The zero-order chi connectivity index (χ0) is 15.6. The Bertz CT molecular complexity index is 614. The molecule has 1 aromatic rings. The van der Waals surface area contributed by atoms with Gasteiger partial charge in [-0.15, -0.1) is 0 Å². The number of hydrogen-bond donors (Lipinski definition) is 2.